The number of carbonyl (C=O) groups is 1. The van der Waals surface area contributed by atoms with Gasteiger partial charge in [-0.15, -0.1) is 0 Å². The summed E-state index contributed by atoms with van der Waals surface area (Å²) in [4.78, 5) is 12.5. The van der Waals surface area contributed by atoms with E-state index in [9.17, 15) is 4.79 Å². The van der Waals surface area contributed by atoms with Gasteiger partial charge in [0.15, 0.2) is 6.10 Å². The lowest BCUT2D eigenvalue weighted by molar-refractivity contribution is -0.127. The first-order chi connectivity index (χ1) is 13.0. The summed E-state index contributed by atoms with van der Waals surface area (Å²) in [5.41, 5.74) is 3.15. The highest BCUT2D eigenvalue weighted by molar-refractivity contribution is 5.80. The molecule has 3 rings (SSSR count). The highest BCUT2D eigenvalue weighted by Gasteiger charge is 2.22. The molecule has 0 fully saturated rings. The van der Waals surface area contributed by atoms with E-state index >= 15 is 0 Å². The Kier molecular flexibility index (Phi) is 5.89. The van der Waals surface area contributed by atoms with Crippen molar-refractivity contribution >= 4 is 5.91 Å². The Morgan fingerprint density at radius 2 is 2.15 bits per heavy atom. The minimum Gasteiger partial charge on any atom is -0.494 e. The molecule has 0 saturated heterocycles. The van der Waals surface area contributed by atoms with Crippen LogP contribution in [0.5, 0.6) is 17.2 Å². The molecule has 1 aliphatic heterocycles. The van der Waals surface area contributed by atoms with Gasteiger partial charge >= 0.3 is 0 Å². The first-order valence-corrected chi connectivity index (χ1v) is 9.42. The molecule has 0 aliphatic carbocycles. The molecule has 27 heavy (non-hydrogen) atoms. The molecule has 1 heterocycles. The molecule has 1 amide bonds. The third-order valence-corrected chi connectivity index (χ3v) is 4.50. The topological polar surface area (TPSA) is 56.8 Å². The molecule has 2 aromatic carbocycles. The van der Waals surface area contributed by atoms with Crippen molar-refractivity contribution in [2.75, 3.05) is 6.61 Å². The number of benzene rings is 2. The molecule has 0 radical (unpaired) electrons. The summed E-state index contributed by atoms with van der Waals surface area (Å²) in [6.07, 6.45) is 0.457. The number of aryl methyl sites for hydroxylation is 1. The van der Waals surface area contributed by atoms with Crippen molar-refractivity contribution < 1.29 is 19.0 Å². The highest BCUT2D eigenvalue weighted by atomic mass is 16.5. The summed E-state index contributed by atoms with van der Waals surface area (Å²) in [6.45, 7) is 8.67. The third-order valence-electron chi connectivity index (χ3n) is 4.50. The van der Waals surface area contributed by atoms with Gasteiger partial charge in [0.05, 0.1) is 6.61 Å². The fourth-order valence-corrected chi connectivity index (χ4v) is 3.18. The zero-order valence-corrected chi connectivity index (χ0v) is 16.4. The summed E-state index contributed by atoms with van der Waals surface area (Å²) in [6, 6.07) is 11.7. The molecule has 5 heteroatoms. The third kappa shape index (κ3) is 4.73. The molecule has 5 nitrogen and oxygen atoms in total. The van der Waals surface area contributed by atoms with E-state index in [-0.39, 0.29) is 12.0 Å². The number of ether oxygens (including phenoxy) is 3. The van der Waals surface area contributed by atoms with Crippen molar-refractivity contribution in [3.05, 3.63) is 53.1 Å². The van der Waals surface area contributed by atoms with Gasteiger partial charge < -0.3 is 19.5 Å². The van der Waals surface area contributed by atoms with Gasteiger partial charge in [0.1, 0.15) is 23.4 Å². The fourth-order valence-electron chi connectivity index (χ4n) is 3.18. The lowest BCUT2D eigenvalue weighted by Gasteiger charge is -2.17. The fraction of sp³-hybridized carbons (Fsp3) is 0.409. The van der Waals surface area contributed by atoms with Gasteiger partial charge in [0.25, 0.3) is 5.91 Å². The van der Waals surface area contributed by atoms with Gasteiger partial charge in [-0.25, -0.2) is 0 Å². The van der Waals surface area contributed by atoms with Crippen LogP contribution in [0.2, 0.25) is 0 Å². The summed E-state index contributed by atoms with van der Waals surface area (Å²) < 4.78 is 17.3. The van der Waals surface area contributed by atoms with E-state index in [4.69, 9.17) is 14.2 Å². The van der Waals surface area contributed by atoms with Crippen LogP contribution in [0.1, 0.15) is 37.5 Å². The smallest absolute Gasteiger partial charge is 0.261 e. The number of rotatable bonds is 7. The van der Waals surface area contributed by atoms with Gasteiger partial charge in [0, 0.05) is 24.1 Å². The average Bonchev–Trinajstić information content (AvgIpc) is 2.98. The molecule has 0 spiro atoms. The van der Waals surface area contributed by atoms with Crippen molar-refractivity contribution in [1.82, 2.24) is 5.32 Å². The molecule has 1 N–H and O–H groups in total. The second-order valence-electron chi connectivity index (χ2n) is 6.93. The quantitative estimate of drug-likeness (QED) is 0.806. The second kappa shape index (κ2) is 8.33. The monoisotopic (exact) mass is 369 g/mol. The molecular formula is C22H27NO4. The number of fused-ring (bicyclic) bond motifs is 1. The Morgan fingerprint density at radius 1 is 1.33 bits per heavy atom. The number of hydrogen-bond acceptors (Lipinski definition) is 4. The second-order valence-corrected chi connectivity index (χ2v) is 6.93. The first kappa shape index (κ1) is 19.1. The highest BCUT2D eigenvalue weighted by Crippen LogP contribution is 2.35. The Morgan fingerprint density at radius 3 is 2.89 bits per heavy atom. The van der Waals surface area contributed by atoms with Crippen molar-refractivity contribution in [1.29, 1.82) is 0 Å². The number of carbonyl (C=O) groups excluding carboxylic acids is 1. The van der Waals surface area contributed by atoms with E-state index in [0.29, 0.717) is 18.9 Å². The Labute approximate surface area is 160 Å². The predicted octanol–water partition coefficient (Wildman–Crippen LogP) is 3.80. The largest absolute Gasteiger partial charge is 0.494 e. The minimum atomic E-state index is -0.590. The van der Waals surface area contributed by atoms with E-state index in [1.807, 2.05) is 57.2 Å². The molecule has 144 valence electrons. The van der Waals surface area contributed by atoms with E-state index in [0.717, 1.165) is 34.6 Å². The molecule has 0 aromatic heterocycles. The van der Waals surface area contributed by atoms with Crippen LogP contribution in [0.15, 0.2) is 36.4 Å². The van der Waals surface area contributed by atoms with Gasteiger partial charge in [0.2, 0.25) is 0 Å². The maximum atomic E-state index is 12.5. The van der Waals surface area contributed by atoms with Crippen LogP contribution in [0.3, 0.4) is 0 Å². The maximum Gasteiger partial charge on any atom is 0.261 e. The summed E-state index contributed by atoms with van der Waals surface area (Å²) >= 11 is 0. The normalized spacial score (nSPS) is 16.2. The van der Waals surface area contributed by atoms with E-state index < -0.39 is 6.10 Å². The van der Waals surface area contributed by atoms with Crippen molar-refractivity contribution in [2.24, 2.45) is 0 Å². The van der Waals surface area contributed by atoms with Crippen LogP contribution >= 0.6 is 0 Å². The summed E-state index contributed by atoms with van der Waals surface area (Å²) in [7, 11) is 0. The lowest BCUT2D eigenvalue weighted by Crippen LogP contribution is -2.36. The van der Waals surface area contributed by atoms with Crippen LogP contribution in [-0.4, -0.2) is 24.7 Å². The minimum absolute atomic E-state index is 0.169. The van der Waals surface area contributed by atoms with E-state index in [1.54, 1.807) is 6.92 Å². The number of amides is 1. The summed E-state index contributed by atoms with van der Waals surface area (Å²) in [5, 5.41) is 2.94. The molecule has 2 atom stereocenters. The first-order valence-electron chi connectivity index (χ1n) is 9.42. The van der Waals surface area contributed by atoms with E-state index in [1.165, 1.54) is 0 Å². The molecule has 2 aromatic rings. The standard InChI is InChI=1S/C22H27NO4/c1-5-25-20-11-17-10-15(3)26-21(17)12-18(20)13-23-22(24)16(4)27-19-8-6-7-14(2)9-19/h6-9,11-12,15-16H,5,10,13H2,1-4H3,(H,23,24). The van der Waals surface area contributed by atoms with Crippen molar-refractivity contribution in [2.45, 2.75) is 52.9 Å². The maximum absolute atomic E-state index is 12.5. The Balaban J connectivity index is 1.65. The summed E-state index contributed by atoms with van der Waals surface area (Å²) in [5.74, 6) is 2.18. The van der Waals surface area contributed by atoms with Crippen LogP contribution in [-0.2, 0) is 17.8 Å². The molecule has 2 unspecified atom stereocenters. The average molecular weight is 369 g/mol. The molecule has 1 aliphatic rings. The Bertz CT molecular complexity index is 818. The van der Waals surface area contributed by atoms with Crippen LogP contribution < -0.4 is 19.5 Å². The molecular weight excluding hydrogens is 342 g/mol. The van der Waals surface area contributed by atoms with Crippen molar-refractivity contribution in [3.63, 3.8) is 0 Å². The van der Waals surface area contributed by atoms with Gasteiger partial charge in [-0.1, -0.05) is 12.1 Å². The lowest BCUT2D eigenvalue weighted by atomic mass is 10.1. The van der Waals surface area contributed by atoms with Crippen LogP contribution in [0, 0.1) is 6.92 Å². The Hall–Kier alpha value is -2.69. The van der Waals surface area contributed by atoms with Crippen LogP contribution in [0.25, 0.3) is 0 Å². The van der Waals surface area contributed by atoms with Gasteiger partial charge in [-0.05, 0) is 57.5 Å². The SMILES string of the molecule is CCOc1cc2c(cc1CNC(=O)C(C)Oc1cccc(C)c1)OC(C)C2. The van der Waals surface area contributed by atoms with Gasteiger partial charge in [-0.3, -0.25) is 4.79 Å². The van der Waals surface area contributed by atoms with Crippen molar-refractivity contribution in [3.8, 4) is 17.2 Å². The number of hydrogen-bond donors (Lipinski definition) is 1. The number of nitrogens with one attached hydrogen (secondary N) is 1. The van der Waals surface area contributed by atoms with E-state index in [2.05, 4.69) is 5.32 Å². The zero-order valence-electron chi connectivity index (χ0n) is 16.4. The van der Waals surface area contributed by atoms with Gasteiger partial charge in [-0.2, -0.15) is 0 Å². The predicted molar refractivity (Wildman–Crippen MR) is 105 cm³/mol. The molecule has 0 saturated carbocycles. The zero-order chi connectivity index (χ0) is 19.4. The molecule has 0 bridgehead atoms. The van der Waals surface area contributed by atoms with Crippen LogP contribution in [0.4, 0.5) is 0 Å².